The molecule has 0 bridgehead atoms. The number of halogens is 2. The molecule has 3 aromatic carbocycles. The average Bonchev–Trinajstić information content (AvgIpc) is 3.24. The van der Waals surface area contributed by atoms with Crippen molar-refractivity contribution in [2.24, 2.45) is 0 Å². The summed E-state index contributed by atoms with van der Waals surface area (Å²) in [5, 5.41) is 11.5. The van der Waals surface area contributed by atoms with Crippen molar-refractivity contribution in [2.45, 2.75) is 13.0 Å². The Bertz CT molecular complexity index is 1170. The lowest BCUT2D eigenvalue weighted by Crippen LogP contribution is -2.26. The molecule has 150 valence electrons. The highest BCUT2D eigenvalue weighted by Crippen LogP contribution is 2.31. The molecule has 6 heteroatoms. The predicted molar refractivity (Wildman–Crippen MR) is 122 cm³/mol. The van der Waals surface area contributed by atoms with Gasteiger partial charge in [0.1, 0.15) is 0 Å². The molecule has 1 atom stereocenters. The first-order valence-electron chi connectivity index (χ1n) is 9.48. The van der Waals surface area contributed by atoms with Gasteiger partial charge in [-0.3, -0.25) is 9.89 Å². The zero-order chi connectivity index (χ0) is 21.1. The van der Waals surface area contributed by atoms with E-state index in [2.05, 4.69) is 15.5 Å². The third-order valence-corrected chi connectivity index (χ3v) is 5.44. The SMILES string of the molecule is C[C@H](NC(=O)c1ccc(-c2cc(-c3ccc(Cl)cc3Cl)[nH]n2)cc1)c1ccccc1. The molecule has 4 rings (SSSR count). The quantitative estimate of drug-likeness (QED) is 0.373. The molecule has 0 saturated carbocycles. The van der Waals surface area contributed by atoms with Gasteiger partial charge in [0.2, 0.25) is 0 Å². The Balaban J connectivity index is 1.48. The molecular weight excluding hydrogens is 417 g/mol. The van der Waals surface area contributed by atoms with Gasteiger partial charge in [0.05, 0.1) is 22.5 Å². The Labute approximate surface area is 184 Å². The summed E-state index contributed by atoms with van der Waals surface area (Å²) in [5.74, 6) is -0.117. The van der Waals surface area contributed by atoms with Crippen LogP contribution in [-0.4, -0.2) is 16.1 Å². The first-order chi connectivity index (χ1) is 14.5. The third kappa shape index (κ3) is 4.40. The molecule has 1 aromatic heterocycles. The van der Waals surface area contributed by atoms with Crippen molar-refractivity contribution in [3.05, 3.63) is 100 Å². The Morgan fingerprint density at radius 2 is 1.70 bits per heavy atom. The third-order valence-electron chi connectivity index (χ3n) is 4.89. The fraction of sp³-hybridized carbons (Fsp3) is 0.0833. The highest BCUT2D eigenvalue weighted by Gasteiger charge is 2.13. The summed E-state index contributed by atoms with van der Waals surface area (Å²) in [6, 6.07) is 24.4. The van der Waals surface area contributed by atoms with Crippen LogP contribution in [0.5, 0.6) is 0 Å². The number of H-pyrrole nitrogens is 1. The minimum absolute atomic E-state index is 0.0728. The first kappa shape index (κ1) is 20.2. The number of nitrogens with one attached hydrogen (secondary N) is 2. The van der Waals surface area contributed by atoms with E-state index in [0.29, 0.717) is 15.6 Å². The van der Waals surface area contributed by atoms with Crippen molar-refractivity contribution < 1.29 is 4.79 Å². The van der Waals surface area contributed by atoms with Crippen LogP contribution in [0.1, 0.15) is 28.9 Å². The lowest BCUT2D eigenvalue weighted by atomic mass is 10.1. The summed E-state index contributed by atoms with van der Waals surface area (Å²) in [6.45, 7) is 1.97. The topological polar surface area (TPSA) is 57.8 Å². The van der Waals surface area contributed by atoms with Gasteiger partial charge in [-0.2, -0.15) is 5.10 Å². The molecule has 0 saturated heterocycles. The van der Waals surface area contributed by atoms with E-state index in [1.54, 1.807) is 24.3 Å². The van der Waals surface area contributed by atoms with Crippen molar-refractivity contribution in [3.8, 4) is 22.5 Å². The molecule has 1 amide bonds. The van der Waals surface area contributed by atoms with Crippen LogP contribution in [-0.2, 0) is 0 Å². The van der Waals surface area contributed by atoms with Crippen LogP contribution in [0.15, 0.2) is 78.9 Å². The van der Waals surface area contributed by atoms with E-state index < -0.39 is 0 Å². The number of carbonyl (C=O) groups is 1. The zero-order valence-electron chi connectivity index (χ0n) is 16.2. The molecule has 4 nitrogen and oxygen atoms in total. The number of benzene rings is 3. The van der Waals surface area contributed by atoms with Gasteiger partial charge in [-0.1, -0.05) is 65.7 Å². The van der Waals surface area contributed by atoms with Crippen molar-refractivity contribution >= 4 is 29.1 Å². The number of hydrogen-bond donors (Lipinski definition) is 2. The van der Waals surface area contributed by atoms with Gasteiger partial charge in [0.15, 0.2) is 0 Å². The molecule has 4 aromatic rings. The Morgan fingerprint density at radius 3 is 2.40 bits per heavy atom. The van der Waals surface area contributed by atoms with Gasteiger partial charge in [-0.05, 0) is 48.9 Å². The van der Waals surface area contributed by atoms with E-state index in [4.69, 9.17) is 23.2 Å². The van der Waals surface area contributed by atoms with Crippen LogP contribution in [0, 0.1) is 0 Å². The maximum absolute atomic E-state index is 12.6. The van der Waals surface area contributed by atoms with Crippen molar-refractivity contribution in [1.82, 2.24) is 15.5 Å². The predicted octanol–water partition coefficient (Wildman–Crippen LogP) is 6.54. The molecule has 2 N–H and O–H groups in total. The monoisotopic (exact) mass is 435 g/mol. The summed E-state index contributed by atoms with van der Waals surface area (Å²) < 4.78 is 0. The van der Waals surface area contributed by atoms with Crippen LogP contribution in [0.4, 0.5) is 0 Å². The smallest absolute Gasteiger partial charge is 0.251 e. The Kier molecular flexibility index (Phi) is 5.88. The molecule has 0 aliphatic heterocycles. The second kappa shape index (κ2) is 8.74. The summed E-state index contributed by atoms with van der Waals surface area (Å²) in [7, 11) is 0. The van der Waals surface area contributed by atoms with E-state index in [-0.39, 0.29) is 11.9 Å². The van der Waals surface area contributed by atoms with Crippen molar-refractivity contribution in [3.63, 3.8) is 0 Å². The van der Waals surface area contributed by atoms with Crippen LogP contribution < -0.4 is 5.32 Å². The summed E-state index contributed by atoms with van der Waals surface area (Å²) in [6.07, 6.45) is 0. The maximum atomic E-state index is 12.6. The first-order valence-corrected chi connectivity index (χ1v) is 10.2. The highest BCUT2D eigenvalue weighted by molar-refractivity contribution is 6.36. The maximum Gasteiger partial charge on any atom is 0.251 e. The average molecular weight is 436 g/mol. The van der Waals surface area contributed by atoms with E-state index >= 15 is 0 Å². The molecule has 0 aliphatic rings. The number of aromatic amines is 1. The fourth-order valence-electron chi connectivity index (χ4n) is 3.21. The normalized spacial score (nSPS) is 11.8. The minimum Gasteiger partial charge on any atom is -0.346 e. The molecule has 0 spiro atoms. The number of amides is 1. The fourth-order valence-corrected chi connectivity index (χ4v) is 3.72. The largest absolute Gasteiger partial charge is 0.346 e. The molecule has 0 unspecified atom stereocenters. The van der Waals surface area contributed by atoms with Crippen LogP contribution in [0.25, 0.3) is 22.5 Å². The summed E-state index contributed by atoms with van der Waals surface area (Å²) >= 11 is 12.3. The highest BCUT2D eigenvalue weighted by atomic mass is 35.5. The van der Waals surface area contributed by atoms with Gasteiger partial charge in [0, 0.05) is 21.7 Å². The minimum atomic E-state index is -0.117. The number of carbonyl (C=O) groups excluding carboxylic acids is 1. The Hall–Kier alpha value is -3.08. The van der Waals surface area contributed by atoms with Gasteiger partial charge < -0.3 is 5.32 Å². The molecular formula is C24H19Cl2N3O. The molecule has 0 aliphatic carbocycles. The number of aromatic nitrogens is 2. The van der Waals surface area contributed by atoms with E-state index in [0.717, 1.165) is 28.1 Å². The van der Waals surface area contributed by atoms with E-state index in [1.807, 2.05) is 61.5 Å². The zero-order valence-corrected chi connectivity index (χ0v) is 17.7. The lowest BCUT2D eigenvalue weighted by molar-refractivity contribution is 0.0940. The van der Waals surface area contributed by atoms with Crippen LogP contribution in [0.2, 0.25) is 10.0 Å². The number of rotatable bonds is 5. The number of nitrogens with zero attached hydrogens (tertiary/aromatic N) is 1. The summed E-state index contributed by atoms with van der Waals surface area (Å²) in [4.78, 5) is 12.6. The molecule has 1 heterocycles. The molecule has 30 heavy (non-hydrogen) atoms. The lowest BCUT2D eigenvalue weighted by Gasteiger charge is -2.14. The second-order valence-corrected chi connectivity index (χ2v) is 7.82. The van der Waals surface area contributed by atoms with Gasteiger partial charge in [-0.15, -0.1) is 0 Å². The van der Waals surface area contributed by atoms with E-state index in [1.165, 1.54) is 0 Å². The standard InChI is InChI=1S/C24H19Cl2N3O/c1-15(16-5-3-2-4-6-16)27-24(30)18-9-7-17(8-10-18)22-14-23(29-28-22)20-12-11-19(25)13-21(20)26/h2-15H,1H3,(H,27,30)(H,28,29)/t15-/m0/s1. The van der Waals surface area contributed by atoms with Crippen molar-refractivity contribution in [2.75, 3.05) is 0 Å². The van der Waals surface area contributed by atoms with Gasteiger partial charge in [0.25, 0.3) is 5.91 Å². The number of hydrogen-bond acceptors (Lipinski definition) is 2. The van der Waals surface area contributed by atoms with Crippen LogP contribution in [0.3, 0.4) is 0 Å². The van der Waals surface area contributed by atoms with E-state index in [9.17, 15) is 4.79 Å². The molecule has 0 radical (unpaired) electrons. The Morgan fingerprint density at radius 1 is 0.967 bits per heavy atom. The van der Waals surface area contributed by atoms with Crippen LogP contribution >= 0.6 is 23.2 Å². The summed E-state index contributed by atoms with van der Waals surface area (Å²) in [5.41, 5.74) is 4.94. The van der Waals surface area contributed by atoms with Crippen molar-refractivity contribution in [1.29, 1.82) is 0 Å². The van der Waals surface area contributed by atoms with Gasteiger partial charge in [-0.25, -0.2) is 0 Å². The van der Waals surface area contributed by atoms with Gasteiger partial charge >= 0.3 is 0 Å². The second-order valence-electron chi connectivity index (χ2n) is 6.97. The molecule has 0 fully saturated rings.